The Labute approximate surface area is 95.6 Å². The van der Waals surface area contributed by atoms with Gasteiger partial charge in [-0.2, -0.15) is 0 Å². The van der Waals surface area contributed by atoms with Crippen LogP contribution in [0.3, 0.4) is 0 Å². The third-order valence-corrected chi connectivity index (χ3v) is 3.89. The van der Waals surface area contributed by atoms with Gasteiger partial charge in [0, 0.05) is 13.0 Å². The summed E-state index contributed by atoms with van der Waals surface area (Å²) in [5.41, 5.74) is 0. The number of hydrogen-bond acceptors (Lipinski definition) is 4. The highest BCUT2D eigenvalue weighted by Crippen LogP contribution is 2.51. The molecule has 0 aromatic heterocycles. The van der Waals surface area contributed by atoms with Crippen LogP contribution in [0.5, 0.6) is 0 Å². The molecule has 2 fully saturated rings. The van der Waals surface area contributed by atoms with Crippen LogP contribution in [-0.4, -0.2) is 32.4 Å². The molecule has 2 rings (SSSR count). The van der Waals surface area contributed by atoms with Crippen molar-refractivity contribution in [3.63, 3.8) is 0 Å². The first-order valence-corrected chi connectivity index (χ1v) is 5.60. The van der Waals surface area contributed by atoms with Crippen molar-refractivity contribution in [1.82, 2.24) is 0 Å². The Kier molecular flexibility index (Phi) is 3.19. The maximum absolute atomic E-state index is 11.6. The SMILES string of the molecule is C=COC1C2CC(CC2C(=O)OC)C1OC. The quantitative estimate of drug-likeness (QED) is 0.536. The van der Waals surface area contributed by atoms with E-state index in [9.17, 15) is 4.79 Å². The molecule has 0 saturated heterocycles. The lowest BCUT2D eigenvalue weighted by atomic mass is 9.85. The van der Waals surface area contributed by atoms with Crippen molar-refractivity contribution in [2.45, 2.75) is 25.0 Å². The van der Waals surface area contributed by atoms with Crippen LogP contribution in [0.15, 0.2) is 12.8 Å². The molecule has 90 valence electrons. The summed E-state index contributed by atoms with van der Waals surface area (Å²) in [5, 5.41) is 0. The number of carbonyl (C=O) groups is 1. The van der Waals surface area contributed by atoms with Crippen LogP contribution in [0.1, 0.15) is 12.8 Å². The Balaban J connectivity index is 2.12. The molecule has 0 heterocycles. The van der Waals surface area contributed by atoms with Gasteiger partial charge in [0.05, 0.1) is 25.4 Å². The summed E-state index contributed by atoms with van der Waals surface area (Å²) < 4.78 is 15.8. The molecule has 2 aliphatic rings. The van der Waals surface area contributed by atoms with Gasteiger partial charge in [-0.15, -0.1) is 0 Å². The second-order valence-electron chi connectivity index (χ2n) is 4.49. The van der Waals surface area contributed by atoms with Gasteiger partial charge in [-0.05, 0) is 18.8 Å². The topological polar surface area (TPSA) is 44.8 Å². The zero-order valence-corrected chi connectivity index (χ0v) is 9.72. The molecule has 0 aliphatic heterocycles. The van der Waals surface area contributed by atoms with E-state index in [1.165, 1.54) is 13.4 Å². The van der Waals surface area contributed by atoms with Crippen LogP contribution < -0.4 is 0 Å². The molecule has 4 nitrogen and oxygen atoms in total. The zero-order valence-electron chi connectivity index (χ0n) is 9.72. The molecule has 0 N–H and O–H groups in total. The lowest BCUT2D eigenvalue weighted by Crippen LogP contribution is -2.41. The summed E-state index contributed by atoms with van der Waals surface area (Å²) >= 11 is 0. The Morgan fingerprint density at radius 1 is 1.31 bits per heavy atom. The average Bonchev–Trinajstić information content (AvgIpc) is 2.85. The Morgan fingerprint density at radius 3 is 2.62 bits per heavy atom. The van der Waals surface area contributed by atoms with Crippen molar-refractivity contribution in [2.75, 3.05) is 14.2 Å². The summed E-state index contributed by atoms with van der Waals surface area (Å²) in [6, 6.07) is 0. The molecule has 0 amide bonds. The largest absolute Gasteiger partial charge is 0.496 e. The lowest BCUT2D eigenvalue weighted by Gasteiger charge is -2.32. The predicted octanol–water partition coefficient (Wildman–Crippen LogP) is 1.36. The molecule has 16 heavy (non-hydrogen) atoms. The predicted molar refractivity (Wildman–Crippen MR) is 57.6 cm³/mol. The van der Waals surface area contributed by atoms with E-state index in [-0.39, 0.29) is 30.0 Å². The molecule has 0 aromatic carbocycles. The van der Waals surface area contributed by atoms with E-state index in [1.54, 1.807) is 7.11 Å². The molecule has 2 saturated carbocycles. The van der Waals surface area contributed by atoms with Crippen LogP contribution in [0.4, 0.5) is 0 Å². The molecule has 0 spiro atoms. The highest BCUT2D eigenvalue weighted by molar-refractivity contribution is 5.73. The molecule has 0 aromatic rings. The fraction of sp³-hybridized carbons (Fsp3) is 0.750. The molecule has 0 radical (unpaired) electrons. The normalized spacial score (nSPS) is 40.8. The van der Waals surface area contributed by atoms with Crippen LogP contribution in [0, 0.1) is 17.8 Å². The molecule has 5 atom stereocenters. The molecule has 4 heteroatoms. The Morgan fingerprint density at radius 2 is 2.06 bits per heavy atom. The third-order valence-electron chi connectivity index (χ3n) is 3.89. The first-order valence-electron chi connectivity index (χ1n) is 5.60. The van der Waals surface area contributed by atoms with Gasteiger partial charge >= 0.3 is 5.97 Å². The van der Waals surface area contributed by atoms with Gasteiger partial charge in [0.15, 0.2) is 0 Å². The standard InChI is InChI=1S/C12H18O4/c1-4-16-11-8-5-7(10(11)14-2)6-9(8)12(13)15-3/h4,7-11H,1,5-6H2,2-3H3. The smallest absolute Gasteiger partial charge is 0.309 e. The monoisotopic (exact) mass is 226 g/mol. The molecule has 2 bridgehead atoms. The van der Waals surface area contributed by atoms with E-state index in [2.05, 4.69) is 6.58 Å². The number of hydrogen-bond donors (Lipinski definition) is 0. The second-order valence-corrected chi connectivity index (χ2v) is 4.49. The van der Waals surface area contributed by atoms with Crippen molar-refractivity contribution in [3.05, 3.63) is 12.8 Å². The lowest BCUT2D eigenvalue weighted by molar-refractivity contribution is -0.152. The van der Waals surface area contributed by atoms with Gasteiger partial charge in [0.1, 0.15) is 6.10 Å². The number of ether oxygens (including phenoxy) is 3. The Hall–Kier alpha value is -1.03. The minimum absolute atomic E-state index is 0.0358. The van der Waals surface area contributed by atoms with Crippen LogP contribution in [0.25, 0.3) is 0 Å². The van der Waals surface area contributed by atoms with Gasteiger partial charge in [-0.1, -0.05) is 6.58 Å². The van der Waals surface area contributed by atoms with Crippen molar-refractivity contribution >= 4 is 5.97 Å². The fourth-order valence-electron chi connectivity index (χ4n) is 3.29. The number of rotatable bonds is 4. The zero-order chi connectivity index (χ0) is 11.7. The van der Waals surface area contributed by atoms with Crippen molar-refractivity contribution in [2.24, 2.45) is 17.8 Å². The minimum Gasteiger partial charge on any atom is -0.496 e. The van der Waals surface area contributed by atoms with Gasteiger partial charge in [0.25, 0.3) is 0 Å². The second kappa shape index (κ2) is 4.45. The molecular formula is C12H18O4. The summed E-state index contributed by atoms with van der Waals surface area (Å²) in [6.07, 6.45) is 3.31. The Bertz CT molecular complexity index is 289. The highest BCUT2D eigenvalue weighted by Gasteiger charge is 2.56. The van der Waals surface area contributed by atoms with Crippen LogP contribution in [-0.2, 0) is 19.0 Å². The number of methoxy groups -OCH3 is 2. The maximum Gasteiger partial charge on any atom is 0.309 e. The van der Waals surface area contributed by atoms with Gasteiger partial charge in [-0.3, -0.25) is 4.79 Å². The summed E-state index contributed by atoms with van der Waals surface area (Å²) in [4.78, 5) is 11.6. The molecule has 5 unspecified atom stereocenters. The van der Waals surface area contributed by atoms with E-state index in [4.69, 9.17) is 14.2 Å². The first kappa shape index (κ1) is 11.5. The minimum atomic E-state index is -0.125. The first-order chi connectivity index (χ1) is 7.72. The summed E-state index contributed by atoms with van der Waals surface area (Å²) in [5.74, 6) is 0.454. The molecule has 2 aliphatic carbocycles. The average molecular weight is 226 g/mol. The van der Waals surface area contributed by atoms with Crippen molar-refractivity contribution < 1.29 is 19.0 Å². The molecular weight excluding hydrogens is 208 g/mol. The van der Waals surface area contributed by atoms with E-state index >= 15 is 0 Å². The highest BCUT2D eigenvalue weighted by atomic mass is 16.5. The fourth-order valence-corrected chi connectivity index (χ4v) is 3.29. The van der Waals surface area contributed by atoms with Gasteiger partial charge in [-0.25, -0.2) is 0 Å². The van der Waals surface area contributed by atoms with Crippen LogP contribution in [0.2, 0.25) is 0 Å². The van der Waals surface area contributed by atoms with E-state index in [1.807, 2.05) is 0 Å². The van der Waals surface area contributed by atoms with Gasteiger partial charge < -0.3 is 14.2 Å². The number of carbonyl (C=O) groups excluding carboxylic acids is 1. The van der Waals surface area contributed by atoms with Crippen molar-refractivity contribution in [3.8, 4) is 0 Å². The summed E-state index contributed by atoms with van der Waals surface area (Å²) in [6.45, 7) is 3.57. The number of esters is 1. The summed E-state index contributed by atoms with van der Waals surface area (Å²) in [7, 11) is 3.13. The van der Waals surface area contributed by atoms with Crippen LogP contribution >= 0.6 is 0 Å². The third kappa shape index (κ3) is 1.61. The van der Waals surface area contributed by atoms with Crippen molar-refractivity contribution in [1.29, 1.82) is 0 Å². The van der Waals surface area contributed by atoms with Gasteiger partial charge in [0.2, 0.25) is 0 Å². The number of fused-ring (bicyclic) bond motifs is 2. The maximum atomic E-state index is 11.6. The van der Waals surface area contributed by atoms with E-state index in [0.29, 0.717) is 5.92 Å². The van der Waals surface area contributed by atoms with E-state index < -0.39 is 0 Å². The van der Waals surface area contributed by atoms with E-state index in [0.717, 1.165) is 12.8 Å².